The van der Waals surface area contributed by atoms with Crippen LogP contribution in [0.3, 0.4) is 0 Å². The third-order valence-electron chi connectivity index (χ3n) is 5.35. The first-order chi connectivity index (χ1) is 9.64. The molecule has 2 saturated heterocycles. The van der Waals surface area contributed by atoms with Crippen molar-refractivity contribution in [1.82, 2.24) is 10.6 Å². The molecule has 0 amide bonds. The van der Waals surface area contributed by atoms with E-state index < -0.39 is 9.84 Å². The number of hydrogen-bond donors (Lipinski definition) is 2. The van der Waals surface area contributed by atoms with Gasteiger partial charge in [-0.2, -0.15) is 0 Å². The van der Waals surface area contributed by atoms with Gasteiger partial charge in [0.2, 0.25) is 0 Å². The van der Waals surface area contributed by atoms with E-state index in [4.69, 9.17) is 0 Å². The lowest BCUT2D eigenvalue weighted by Crippen LogP contribution is -2.52. The molecule has 5 heteroatoms. The van der Waals surface area contributed by atoms with Crippen LogP contribution < -0.4 is 10.6 Å². The molecule has 4 atom stereocenters. The highest BCUT2D eigenvalue weighted by atomic mass is 32.2. The lowest BCUT2D eigenvalue weighted by molar-refractivity contribution is 0.200. The van der Waals surface area contributed by atoms with E-state index in [0.29, 0.717) is 29.5 Å². The second kappa shape index (κ2) is 6.32. The van der Waals surface area contributed by atoms with Crippen molar-refractivity contribution in [3.8, 4) is 0 Å². The highest BCUT2D eigenvalue weighted by molar-refractivity contribution is 7.91. The maximum atomic E-state index is 11.8. The fraction of sp³-hybridized carbons (Fsp3) is 1.00. The molecular weight excluding hydrogens is 272 g/mol. The summed E-state index contributed by atoms with van der Waals surface area (Å²) in [5.41, 5.74) is 0. The van der Waals surface area contributed by atoms with Crippen molar-refractivity contribution in [2.24, 2.45) is 5.92 Å². The lowest BCUT2D eigenvalue weighted by atomic mass is 9.79. The average Bonchev–Trinajstić information content (AvgIpc) is 2.92. The molecule has 0 radical (unpaired) electrons. The van der Waals surface area contributed by atoms with Gasteiger partial charge in [-0.05, 0) is 51.0 Å². The molecule has 116 valence electrons. The summed E-state index contributed by atoms with van der Waals surface area (Å²) in [5, 5.41) is 7.37. The first kappa shape index (κ1) is 14.8. The predicted octanol–water partition coefficient (Wildman–Crippen LogP) is 1.46. The minimum absolute atomic E-state index is 0.195. The predicted molar refractivity (Wildman–Crippen MR) is 81.6 cm³/mol. The minimum Gasteiger partial charge on any atom is -0.314 e. The molecule has 0 aromatic rings. The Labute approximate surface area is 123 Å². The van der Waals surface area contributed by atoms with Gasteiger partial charge in [-0.15, -0.1) is 0 Å². The summed E-state index contributed by atoms with van der Waals surface area (Å²) in [6, 6.07) is 1.38. The first-order valence-electron chi connectivity index (χ1n) is 8.34. The molecule has 3 aliphatic rings. The molecule has 0 aromatic heterocycles. The number of hydrogen-bond acceptors (Lipinski definition) is 4. The molecule has 4 unspecified atom stereocenters. The summed E-state index contributed by atoms with van der Waals surface area (Å²) in [6.07, 6.45) is 9.61. The summed E-state index contributed by atoms with van der Waals surface area (Å²) in [7, 11) is -2.80. The molecule has 0 spiro atoms. The summed E-state index contributed by atoms with van der Waals surface area (Å²) in [4.78, 5) is 0. The maximum Gasteiger partial charge on any atom is 0.151 e. The first-order valence-corrected chi connectivity index (χ1v) is 10.2. The van der Waals surface area contributed by atoms with Crippen LogP contribution in [0.4, 0.5) is 0 Å². The largest absolute Gasteiger partial charge is 0.314 e. The Bertz CT molecular complexity index is 418. The van der Waals surface area contributed by atoms with Crippen LogP contribution in [0.25, 0.3) is 0 Å². The van der Waals surface area contributed by atoms with Gasteiger partial charge in [0.15, 0.2) is 9.84 Å². The van der Waals surface area contributed by atoms with E-state index in [9.17, 15) is 8.42 Å². The molecule has 4 nitrogen and oxygen atoms in total. The van der Waals surface area contributed by atoms with Crippen LogP contribution in [-0.4, -0.2) is 44.6 Å². The number of sulfone groups is 1. The second-order valence-corrected chi connectivity index (χ2v) is 9.11. The summed E-state index contributed by atoms with van der Waals surface area (Å²) >= 11 is 0. The molecular formula is C15H28N2O2S. The normalized spacial score (nSPS) is 41.6. The van der Waals surface area contributed by atoms with E-state index in [-0.39, 0.29) is 6.04 Å². The van der Waals surface area contributed by atoms with E-state index in [1.165, 1.54) is 38.5 Å². The number of rotatable bonds is 3. The maximum absolute atomic E-state index is 11.8. The Morgan fingerprint density at radius 1 is 0.950 bits per heavy atom. The summed E-state index contributed by atoms with van der Waals surface area (Å²) in [6.45, 7) is 1.16. The Morgan fingerprint density at radius 2 is 1.80 bits per heavy atom. The van der Waals surface area contributed by atoms with Crippen molar-refractivity contribution >= 4 is 9.84 Å². The Hall–Kier alpha value is -0.130. The zero-order valence-electron chi connectivity index (χ0n) is 12.3. The standard InChI is InChI=1S/C15H28N2O2S/c18-20(19)10-4-5-12(11-20)17-15-7-2-1-6-13(15)14-8-3-9-16-14/h12-17H,1-11H2. The van der Waals surface area contributed by atoms with Crippen LogP contribution in [0, 0.1) is 5.92 Å². The quantitative estimate of drug-likeness (QED) is 0.828. The van der Waals surface area contributed by atoms with Gasteiger partial charge in [0.1, 0.15) is 0 Å². The van der Waals surface area contributed by atoms with E-state index in [0.717, 1.165) is 19.4 Å². The highest BCUT2D eigenvalue weighted by Crippen LogP contribution is 2.31. The molecule has 0 bridgehead atoms. The van der Waals surface area contributed by atoms with Crippen molar-refractivity contribution in [3.05, 3.63) is 0 Å². The fourth-order valence-corrected chi connectivity index (χ4v) is 6.03. The smallest absolute Gasteiger partial charge is 0.151 e. The SMILES string of the molecule is O=S1(=O)CCCC(NC2CCCCC2C2CCCN2)C1. The second-order valence-electron chi connectivity index (χ2n) is 6.88. The molecule has 3 fully saturated rings. The Balaban J connectivity index is 1.61. The van der Waals surface area contributed by atoms with Crippen LogP contribution in [0.15, 0.2) is 0 Å². The van der Waals surface area contributed by atoms with Gasteiger partial charge in [-0.3, -0.25) is 0 Å². The summed E-state index contributed by atoms with van der Waals surface area (Å²) in [5.74, 6) is 1.45. The third-order valence-corrected chi connectivity index (χ3v) is 7.17. The van der Waals surface area contributed by atoms with Crippen molar-refractivity contribution in [2.45, 2.75) is 69.5 Å². The molecule has 1 aliphatic carbocycles. The van der Waals surface area contributed by atoms with Crippen molar-refractivity contribution in [3.63, 3.8) is 0 Å². The highest BCUT2D eigenvalue weighted by Gasteiger charge is 2.35. The zero-order valence-corrected chi connectivity index (χ0v) is 13.1. The lowest BCUT2D eigenvalue weighted by Gasteiger charge is -2.39. The molecule has 2 aliphatic heterocycles. The van der Waals surface area contributed by atoms with Crippen LogP contribution in [0.2, 0.25) is 0 Å². The van der Waals surface area contributed by atoms with Crippen molar-refractivity contribution < 1.29 is 8.42 Å². The van der Waals surface area contributed by atoms with Crippen molar-refractivity contribution in [1.29, 1.82) is 0 Å². The van der Waals surface area contributed by atoms with Gasteiger partial charge < -0.3 is 10.6 Å². The average molecular weight is 300 g/mol. The zero-order chi connectivity index (χ0) is 14.0. The van der Waals surface area contributed by atoms with Gasteiger partial charge in [-0.25, -0.2) is 8.42 Å². The molecule has 3 rings (SSSR count). The minimum atomic E-state index is -2.80. The Morgan fingerprint density at radius 3 is 2.55 bits per heavy atom. The molecule has 1 saturated carbocycles. The number of nitrogens with one attached hydrogen (secondary N) is 2. The topological polar surface area (TPSA) is 58.2 Å². The van der Waals surface area contributed by atoms with E-state index >= 15 is 0 Å². The molecule has 0 aromatic carbocycles. The van der Waals surface area contributed by atoms with Crippen LogP contribution >= 0.6 is 0 Å². The van der Waals surface area contributed by atoms with Crippen LogP contribution in [0.1, 0.15) is 51.4 Å². The van der Waals surface area contributed by atoms with Crippen LogP contribution in [0.5, 0.6) is 0 Å². The van der Waals surface area contributed by atoms with E-state index in [2.05, 4.69) is 10.6 Å². The van der Waals surface area contributed by atoms with Gasteiger partial charge in [0.05, 0.1) is 11.5 Å². The fourth-order valence-electron chi connectivity index (χ4n) is 4.38. The van der Waals surface area contributed by atoms with Crippen molar-refractivity contribution in [2.75, 3.05) is 18.1 Å². The van der Waals surface area contributed by atoms with E-state index in [1.807, 2.05) is 0 Å². The van der Waals surface area contributed by atoms with E-state index in [1.54, 1.807) is 0 Å². The van der Waals surface area contributed by atoms with Gasteiger partial charge >= 0.3 is 0 Å². The van der Waals surface area contributed by atoms with Gasteiger partial charge in [-0.1, -0.05) is 12.8 Å². The molecule has 2 N–H and O–H groups in total. The third kappa shape index (κ3) is 3.55. The molecule has 20 heavy (non-hydrogen) atoms. The van der Waals surface area contributed by atoms with Gasteiger partial charge in [0.25, 0.3) is 0 Å². The van der Waals surface area contributed by atoms with Crippen LogP contribution in [-0.2, 0) is 9.84 Å². The summed E-state index contributed by atoms with van der Waals surface area (Å²) < 4.78 is 23.6. The van der Waals surface area contributed by atoms with Gasteiger partial charge in [0, 0.05) is 18.1 Å². The molecule has 2 heterocycles. The monoisotopic (exact) mass is 300 g/mol. The Kier molecular flexibility index (Phi) is 4.68.